The molecule has 0 radical (unpaired) electrons. The number of aromatic amines is 1. The third-order valence-electron chi connectivity index (χ3n) is 2.64. The van der Waals surface area contributed by atoms with Crippen molar-refractivity contribution in [2.45, 2.75) is 38.6 Å². The lowest BCUT2D eigenvalue weighted by molar-refractivity contribution is 0.521. The predicted molar refractivity (Wildman–Crippen MR) is 52.5 cm³/mol. The molecule has 0 spiro atoms. The summed E-state index contributed by atoms with van der Waals surface area (Å²) in [6.07, 6.45) is 5.21. The lowest BCUT2D eigenvalue weighted by atomic mass is 10.1. The number of hydrogen-bond donors (Lipinski definition) is 2. The Labute approximate surface area is 78.9 Å². The van der Waals surface area contributed by atoms with Crippen molar-refractivity contribution in [2.75, 3.05) is 6.54 Å². The SMILES string of the molecule is Cc1cc(C2CCCCCN2)n[nH]1. The van der Waals surface area contributed by atoms with Gasteiger partial charge < -0.3 is 5.32 Å². The lowest BCUT2D eigenvalue weighted by Gasteiger charge is -2.11. The van der Waals surface area contributed by atoms with Crippen LogP contribution in [0.5, 0.6) is 0 Å². The van der Waals surface area contributed by atoms with Gasteiger partial charge in [0.15, 0.2) is 0 Å². The fourth-order valence-corrected chi connectivity index (χ4v) is 1.90. The van der Waals surface area contributed by atoms with Crippen LogP contribution in [0.15, 0.2) is 6.07 Å². The molecule has 2 rings (SSSR count). The minimum atomic E-state index is 0.479. The number of aryl methyl sites for hydroxylation is 1. The third-order valence-corrected chi connectivity index (χ3v) is 2.64. The molecule has 1 fully saturated rings. The fourth-order valence-electron chi connectivity index (χ4n) is 1.90. The van der Waals surface area contributed by atoms with Gasteiger partial charge in [-0.05, 0) is 32.4 Å². The summed E-state index contributed by atoms with van der Waals surface area (Å²) in [4.78, 5) is 0. The van der Waals surface area contributed by atoms with Crippen LogP contribution in [-0.2, 0) is 0 Å². The monoisotopic (exact) mass is 179 g/mol. The second-order valence-corrected chi connectivity index (χ2v) is 3.83. The molecule has 1 unspecified atom stereocenters. The van der Waals surface area contributed by atoms with Gasteiger partial charge in [0, 0.05) is 5.69 Å². The summed E-state index contributed by atoms with van der Waals surface area (Å²) in [6.45, 7) is 3.18. The van der Waals surface area contributed by atoms with Gasteiger partial charge in [-0.1, -0.05) is 12.8 Å². The molecule has 1 atom stereocenters. The quantitative estimate of drug-likeness (QED) is 0.691. The summed E-state index contributed by atoms with van der Waals surface area (Å²) in [5.74, 6) is 0. The largest absolute Gasteiger partial charge is 0.309 e. The molecule has 1 aromatic heterocycles. The molecule has 1 aromatic rings. The summed E-state index contributed by atoms with van der Waals surface area (Å²) in [5, 5.41) is 10.8. The summed E-state index contributed by atoms with van der Waals surface area (Å²) in [7, 11) is 0. The van der Waals surface area contributed by atoms with Crippen LogP contribution in [0.25, 0.3) is 0 Å². The smallest absolute Gasteiger partial charge is 0.0794 e. The van der Waals surface area contributed by atoms with Crippen molar-refractivity contribution in [3.05, 3.63) is 17.5 Å². The van der Waals surface area contributed by atoms with Gasteiger partial charge in [-0.2, -0.15) is 5.10 Å². The Kier molecular flexibility index (Phi) is 2.64. The van der Waals surface area contributed by atoms with Gasteiger partial charge in [-0.3, -0.25) is 5.10 Å². The number of nitrogens with zero attached hydrogens (tertiary/aromatic N) is 1. The van der Waals surface area contributed by atoms with Crippen molar-refractivity contribution in [1.29, 1.82) is 0 Å². The first kappa shape index (κ1) is 8.75. The van der Waals surface area contributed by atoms with Crippen LogP contribution in [-0.4, -0.2) is 16.7 Å². The Balaban J connectivity index is 2.06. The van der Waals surface area contributed by atoms with E-state index in [-0.39, 0.29) is 0 Å². The number of aromatic nitrogens is 2. The van der Waals surface area contributed by atoms with E-state index in [9.17, 15) is 0 Å². The normalized spacial score (nSPS) is 24.2. The number of H-pyrrole nitrogens is 1. The molecule has 1 saturated heterocycles. The van der Waals surface area contributed by atoms with E-state index in [0.29, 0.717) is 6.04 Å². The van der Waals surface area contributed by atoms with Crippen molar-refractivity contribution in [3.63, 3.8) is 0 Å². The number of rotatable bonds is 1. The zero-order valence-corrected chi connectivity index (χ0v) is 8.14. The Morgan fingerprint density at radius 2 is 2.31 bits per heavy atom. The van der Waals surface area contributed by atoms with E-state index in [2.05, 4.69) is 21.6 Å². The molecule has 0 amide bonds. The van der Waals surface area contributed by atoms with Crippen LogP contribution in [0.3, 0.4) is 0 Å². The topological polar surface area (TPSA) is 40.7 Å². The molecule has 13 heavy (non-hydrogen) atoms. The fraction of sp³-hybridized carbons (Fsp3) is 0.700. The first-order chi connectivity index (χ1) is 6.36. The van der Waals surface area contributed by atoms with Crippen LogP contribution < -0.4 is 5.32 Å². The van der Waals surface area contributed by atoms with Crippen molar-refractivity contribution < 1.29 is 0 Å². The minimum Gasteiger partial charge on any atom is -0.309 e. The molecule has 0 saturated carbocycles. The van der Waals surface area contributed by atoms with E-state index in [0.717, 1.165) is 12.2 Å². The molecule has 0 aromatic carbocycles. The average molecular weight is 179 g/mol. The highest BCUT2D eigenvalue weighted by atomic mass is 15.1. The third kappa shape index (κ3) is 2.10. The van der Waals surface area contributed by atoms with Gasteiger partial charge in [-0.25, -0.2) is 0 Å². The zero-order valence-electron chi connectivity index (χ0n) is 8.14. The van der Waals surface area contributed by atoms with Crippen molar-refractivity contribution in [3.8, 4) is 0 Å². The lowest BCUT2D eigenvalue weighted by Crippen LogP contribution is -2.20. The Hall–Kier alpha value is -0.830. The van der Waals surface area contributed by atoms with Crippen molar-refractivity contribution >= 4 is 0 Å². The van der Waals surface area contributed by atoms with Gasteiger partial charge in [0.05, 0.1) is 11.7 Å². The standard InChI is InChI=1S/C10H17N3/c1-8-7-10(13-12-8)9-5-3-2-4-6-11-9/h7,9,11H,2-6H2,1H3,(H,12,13). The maximum Gasteiger partial charge on any atom is 0.0794 e. The van der Waals surface area contributed by atoms with E-state index in [4.69, 9.17) is 0 Å². The Morgan fingerprint density at radius 1 is 1.38 bits per heavy atom. The first-order valence-electron chi connectivity index (χ1n) is 5.11. The average Bonchev–Trinajstić information content (AvgIpc) is 2.43. The van der Waals surface area contributed by atoms with Gasteiger partial charge in [-0.15, -0.1) is 0 Å². The van der Waals surface area contributed by atoms with Crippen molar-refractivity contribution in [2.24, 2.45) is 0 Å². The first-order valence-corrected chi connectivity index (χ1v) is 5.11. The highest BCUT2D eigenvalue weighted by Gasteiger charge is 2.15. The second kappa shape index (κ2) is 3.92. The van der Waals surface area contributed by atoms with Gasteiger partial charge in [0.25, 0.3) is 0 Å². The van der Waals surface area contributed by atoms with E-state index in [1.165, 1.54) is 31.4 Å². The highest BCUT2D eigenvalue weighted by Crippen LogP contribution is 2.21. The highest BCUT2D eigenvalue weighted by molar-refractivity contribution is 5.11. The van der Waals surface area contributed by atoms with Crippen LogP contribution >= 0.6 is 0 Å². The van der Waals surface area contributed by atoms with Gasteiger partial charge in [0.2, 0.25) is 0 Å². The summed E-state index contributed by atoms with van der Waals surface area (Å²) in [5.41, 5.74) is 2.33. The van der Waals surface area contributed by atoms with Crippen LogP contribution in [0.2, 0.25) is 0 Å². The minimum absolute atomic E-state index is 0.479. The summed E-state index contributed by atoms with van der Waals surface area (Å²) in [6, 6.07) is 2.62. The van der Waals surface area contributed by atoms with Crippen molar-refractivity contribution in [1.82, 2.24) is 15.5 Å². The summed E-state index contributed by atoms with van der Waals surface area (Å²) < 4.78 is 0. The Morgan fingerprint density at radius 3 is 3.08 bits per heavy atom. The molecule has 0 bridgehead atoms. The molecule has 2 heterocycles. The molecular formula is C10H17N3. The predicted octanol–water partition coefficient (Wildman–Crippen LogP) is 1.92. The Bertz CT molecular complexity index is 259. The molecule has 0 aliphatic carbocycles. The van der Waals surface area contributed by atoms with Crippen LogP contribution in [0.1, 0.15) is 43.1 Å². The molecule has 72 valence electrons. The maximum atomic E-state index is 4.29. The molecule has 3 nitrogen and oxygen atoms in total. The molecule has 3 heteroatoms. The number of nitrogens with one attached hydrogen (secondary N) is 2. The van der Waals surface area contributed by atoms with Crippen LogP contribution in [0.4, 0.5) is 0 Å². The van der Waals surface area contributed by atoms with E-state index in [1.807, 2.05) is 6.92 Å². The maximum absolute atomic E-state index is 4.29. The van der Waals surface area contributed by atoms with E-state index >= 15 is 0 Å². The van der Waals surface area contributed by atoms with Crippen LogP contribution in [0, 0.1) is 6.92 Å². The van der Waals surface area contributed by atoms with Gasteiger partial charge in [0.1, 0.15) is 0 Å². The van der Waals surface area contributed by atoms with E-state index < -0.39 is 0 Å². The van der Waals surface area contributed by atoms with E-state index in [1.54, 1.807) is 0 Å². The molecule has 2 N–H and O–H groups in total. The zero-order chi connectivity index (χ0) is 9.10. The summed E-state index contributed by atoms with van der Waals surface area (Å²) >= 11 is 0. The number of hydrogen-bond acceptors (Lipinski definition) is 2. The molecule has 1 aliphatic rings. The van der Waals surface area contributed by atoms with Gasteiger partial charge >= 0.3 is 0 Å². The second-order valence-electron chi connectivity index (χ2n) is 3.83. The molecule has 1 aliphatic heterocycles. The molecular weight excluding hydrogens is 162 g/mol.